The summed E-state index contributed by atoms with van der Waals surface area (Å²) >= 11 is 0. The Bertz CT molecular complexity index is 6720. The van der Waals surface area contributed by atoms with Gasteiger partial charge in [0.15, 0.2) is 0 Å². The predicted octanol–water partition coefficient (Wildman–Crippen LogP) is 18.1. The number of carbonyl (C=O) groups excluding carboxylic acids is 2. The van der Waals surface area contributed by atoms with Crippen molar-refractivity contribution >= 4 is 97.8 Å². The number of urea groups is 2. The quantitative estimate of drug-likeness (QED) is 0.00733. The first-order valence-electron chi connectivity index (χ1n) is 50.6. The molecule has 8 aromatic rings. The molecule has 8 aromatic carbocycles. The molecule has 10 N–H and O–H groups in total. The second kappa shape index (κ2) is 51.6. The molecule has 2 aliphatic carbocycles. The number of rotatable bonds is 48. The molecule has 0 aromatic heterocycles. The maximum absolute atomic E-state index is 14.7. The van der Waals surface area contributed by atoms with Crippen LogP contribution >= 0.6 is 10.9 Å². The summed E-state index contributed by atoms with van der Waals surface area (Å²) in [5.74, 6) is 2.76. The van der Waals surface area contributed by atoms with Crippen LogP contribution in [0.15, 0.2) is 247 Å². The maximum atomic E-state index is 14.7. The van der Waals surface area contributed by atoms with Gasteiger partial charge in [0.05, 0.1) is 41.0 Å². The summed E-state index contributed by atoms with van der Waals surface area (Å²) in [5, 5.41) is 15.1. The Labute approximate surface area is 851 Å². The second-order valence-corrected chi connectivity index (χ2v) is 43.3. The highest BCUT2D eigenvalue weighted by Gasteiger charge is 2.35. The number of likely N-dealkylation sites (tertiary alicyclic amines) is 2. The van der Waals surface area contributed by atoms with E-state index in [1.54, 1.807) is 14.2 Å². The Hall–Kier alpha value is -11.3. The zero-order valence-electron chi connectivity index (χ0n) is 85.2. The van der Waals surface area contributed by atoms with Crippen molar-refractivity contribution in [1.82, 2.24) is 48.8 Å². The lowest BCUT2D eigenvalue weighted by molar-refractivity contribution is 0.152. The summed E-state index contributed by atoms with van der Waals surface area (Å²) in [6.45, 7) is 29.3. The van der Waals surface area contributed by atoms with E-state index in [1.165, 1.54) is 35.4 Å². The van der Waals surface area contributed by atoms with Gasteiger partial charge in [0.1, 0.15) is 76.1 Å². The average molecular weight is 2050 g/mol. The van der Waals surface area contributed by atoms with Crippen LogP contribution in [0.5, 0.6) is 11.5 Å². The monoisotopic (exact) mass is 2050 g/mol. The predicted molar refractivity (Wildman–Crippen MR) is 580 cm³/mol. The first-order valence-corrected chi connectivity index (χ1v) is 56.5. The lowest BCUT2D eigenvalue weighted by Gasteiger charge is -2.34. The number of benzene rings is 10. The summed E-state index contributed by atoms with van der Waals surface area (Å²) in [6.07, 6.45) is 9.88. The zero-order valence-corrected chi connectivity index (χ0v) is 88.5. The minimum Gasteiger partial charge on any atom is -0.497 e. The van der Waals surface area contributed by atoms with Gasteiger partial charge in [-0.25, -0.2) is 45.0 Å². The van der Waals surface area contributed by atoms with Crippen molar-refractivity contribution in [1.29, 1.82) is 0 Å². The van der Waals surface area contributed by atoms with Crippen molar-refractivity contribution in [2.75, 3.05) is 167 Å². The van der Waals surface area contributed by atoms with Gasteiger partial charge in [-0.1, -0.05) is 85.6 Å². The summed E-state index contributed by atoms with van der Waals surface area (Å²) < 4.78 is 160. The standard InChI is InChI=1S/C55H73N7O8S2.C55H71N7O8S2/c1-7-60(8-2)42-23-28-48-51(35-42)70-52-36-43(61(9-3)10-4)24-29-49(52)54(48)50-30-27-47(72(66,67)68)37-53(50)71(64,65)57-32-15-14-19-44(38-56-55(63)58-41-17-12-11-13-18-41)59(5)39-45-20-16-33-62(45)34-31-40-21-25-46(69-6)26-22-40;1-7-60(8-2)42-23-28-48-51(35-42)70-52-36-43(61(9-3)10-4)24-29-49(52)54(48)50-30-27-47(37-53(50)72(66,67)68)71(64,65)57-32-15-14-19-44(38-56-55(63)58-41-17-12-11-13-18-41)59(5)39-45-20-16-33-62(45)34-31-40-21-25-46(69-6)26-22-40/h11-13,17-18,21-30,35-37,44-45,57H,7-10,14-16,19-20,31-34,38-39H2,1-6H3,(H4-,56,58,63,66,67,68);11-13,17-18,21-30,35-37,44-45,57H,7-10,14-16,19-20,31-34,38-39H2,1-6H3,(H2-,56,58,63,66,67,68)/p+2/t2*44-,45-/m11/s1. The number of para-hydroxylation sites is 2. The van der Waals surface area contributed by atoms with E-state index >= 15 is 0 Å². The third-order valence-corrected chi connectivity index (χ3v) is 32.8. The van der Waals surface area contributed by atoms with Gasteiger partial charge < -0.3 is 72.8 Å². The number of fused-ring (bicyclic) bond motifs is 4. The summed E-state index contributed by atoms with van der Waals surface area (Å²) in [4.78, 5) is 39.0. The number of nitrogens with zero attached hydrogens (tertiary/aromatic N) is 8. The topological polar surface area (TPSA) is 360 Å². The van der Waals surface area contributed by atoms with Gasteiger partial charge >= 0.3 is 12.1 Å². The Balaban J connectivity index is 0.000000241. The van der Waals surface area contributed by atoms with E-state index in [2.05, 4.69) is 163 Å². The lowest BCUT2D eigenvalue weighted by atomic mass is 9.93. The van der Waals surface area contributed by atoms with Crippen LogP contribution in [0.3, 0.4) is 0 Å². The molecule has 14 rings (SSSR count). The van der Waals surface area contributed by atoms with Gasteiger partial charge in [0.25, 0.3) is 10.1 Å². The van der Waals surface area contributed by atoms with Crippen LogP contribution in [0, 0.1) is 0 Å². The minimum atomic E-state index is -4.95. The number of methoxy groups -OCH3 is 2. The fourth-order valence-corrected chi connectivity index (χ4v) is 23.7. The molecule has 0 saturated carbocycles. The molecule has 2 fully saturated rings. The maximum Gasteiger partial charge on any atom is 0.319 e. The molecule has 0 spiro atoms. The Kier molecular flexibility index (Phi) is 39.4. The fraction of sp³-hybridized carbons (Fsp3) is 0.418. The number of hydrogen-bond donors (Lipinski definition) is 10. The fourth-order valence-electron chi connectivity index (χ4n) is 19.9. The number of amides is 4. The Morgan fingerprint density at radius 3 is 1.24 bits per heavy atom. The summed E-state index contributed by atoms with van der Waals surface area (Å²) in [7, 11) is -10.3. The molecule has 0 bridgehead atoms. The number of sulfonamides is 2. The lowest BCUT2D eigenvalue weighted by Crippen LogP contribution is -2.48. The van der Waals surface area contributed by atoms with Crippen molar-refractivity contribution in [3.8, 4) is 56.4 Å². The van der Waals surface area contributed by atoms with Gasteiger partial charge in [-0.05, 0) is 267 Å². The van der Waals surface area contributed by atoms with Crippen LogP contribution in [-0.2, 0) is 43.0 Å². The first kappa shape index (κ1) is 110. The molecule has 144 heavy (non-hydrogen) atoms. The highest BCUT2D eigenvalue weighted by molar-refractivity contribution is 8.19. The molecular weight excluding hydrogens is 1900 g/mol. The van der Waals surface area contributed by atoms with Crippen molar-refractivity contribution in [3.05, 3.63) is 240 Å². The highest BCUT2D eigenvalue weighted by atomic mass is 32.3. The first-order chi connectivity index (χ1) is 69.3. The highest BCUT2D eigenvalue weighted by Crippen LogP contribution is 2.50. The number of ether oxygens (including phenoxy) is 2. The van der Waals surface area contributed by atoms with E-state index in [1.807, 2.05) is 158 Å². The van der Waals surface area contributed by atoms with E-state index in [0.717, 1.165) is 176 Å². The summed E-state index contributed by atoms with van der Waals surface area (Å²) in [5.41, 5.74) is 9.71. The van der Waals surface area contributed by atoms with E-state index in [0.29, 0.717) is 136 Å². The SMILES string of the molecule is CCN(CC)c1ccc2c(-c3ccc(S(=O)(=O)NCCCC[C@H](CNC(=O)Nc4ccccc4)N(C)C[C@H]4CCCN4CCc4ccc(OC)cc4)cc3S(=O)(=O)O)c3ccc(=[N+](CC)CC)cc-3oc2c1.CCN(CC)c1ccc2c(-c3ccc(S(O)(O)O)cc3S(=O)(=O)NCCCC[C@H](CNC(=O)Nc3ccccc3)N(C)C[C@H]3CCCN3CCc3ccc(OC)cc3)c3ccc(=[N+](CC)CC)cc-3oc2c1. The van der Waals surface area contributed by atoms with E-state index in [9.17, 15) is 53.1 Å². The van der Waals surface area contributed by atoms with Crippen LogP contribution < -0.4 is 69.9 Å². The van der Waals surface area contributed by atoms with Crippen molar-refractivity contribution in [3.63, 3.8) is 0 Å². The molecule has 2 saturated heterocycles. The third-order valence-electron chi connectivity index (χ3n) is 28.0. The molecule has 774 valence electrons. The van der Waals surface area contributed by atoms with Crippen molar-refractivity contribution < 1.29 is 71.4 Å². The van der Waals surface area contributed by atoms with Crippen molar-refractivity contribution in [2.24, 2.45) is 0 Å². The largest absolute Gasteiger partial charge is 0.497 e. The molecule has 30 nitrogen and oxygen atoms in total. The molecule has 0 radical (unpaired) electrons. The molecular formula is C110H146N14O16S4+2. The second-order valence-electron chi connectivity index (χ2n) is 36.9. The van der Waals surface area contributed by atoms with Gasteiger partial charge in [-0.2, -0.15) is 8.42 Å². The number of anilines is 4. The number of carbonyl (C=O) groups is 2. The molecule has 4 atom stereocenters. The van der Waals surface area contributed by atoms with Crippen LogP contribution in [-0.4, -0.2) is 245 Å². The zero-order chi connectivity index (χ0) is 103. The van der Waals surface area contributed by atoms with E-state index < -0.39 is 45.9 Å². The molecule has 4 amide bonds. The molecule has 4 heterocycles. The van der Waals surface area contributed by atoms with E-state index in [4.69, 9.17) is 18.3 Å². The molecule has 34 heteroatoms. The minimum absolute atomic E-state index is 0.0392. The number of likely N-dealkylation sites (N-methyl/N-ethyl adjacent to an activating group) is 2. The molecule has 6 aliphatic rings. The van der Waals surface area contributed by atoms with Gasteiger partial charge in [-0.15, -0.1) is 0 Å². The smallest absolute Gasteiger partial charge is 0.319 e. The molecule has 0 unspecified atom stereocenters. The number of unbranched alkanes of at least 4 members (excludes halogenated alkanes) is 2. The van der Waals surface area contributed by atoms with Crippen molar-refractivity contribution in [2.45, 2.75) is 176 Å². The van der Waals surface area contributed by atoms with Crippen LogP contribution in [0.2, 0.25) is 0 Å². The van der Waals surface area contributed by atoms with Crippen LogP contribution in [0.4, 0.5) is 32.3 Å². The van der Waals surface area contributed by atoms with Gasteiger partial charge in [0.2, 0.25) is 30.8 Å². The van der Waals surface area contributed by atoms with Crippen LogP contribution in [0.25, 0.3) is 66.8 Å². The Morgan fingerprint density at radius 1 is 0.451 bits per heavy atom. The Morgan fingerprint density at radius 2 is 0.847 bits per heavy atom. The normalized spacial score (nSPS) is 14.9. The molecule has 4 aliphatic heterocycles. The summed E-state index contributed by atoms with van der Waals surface area (Å²) in [6, 6.07) is 66.3. The third kappa shape index (κ3) is 28.7. The number of hydrogen-bond acceptors (Lipinski definition) is 21. The van der Waals surface area contributed by atoms with Crippen LogP contribution in [0.1, 0.15) is 131 Å². The van der Waals surface area contributed by atoms with Gasteiger partial charge in [0, 0.05) is 194 Å². The van der Waals surface area contributed by atoms with Gasteiger partial charge in [-0.3, -0.25) is 14.4 Å². The van der Waals surface area contributed by atoms with E-state index in [-0.39, 0.29) is 57.5 Å². The number of nitrogens with one attached hydrogen (secondary N) is 6. The average Bonchev–Trinajstić information content (AvgIpc) is 0.792.